The van der Waals surface area contributed by atoms with Crippen LogP contribution in [0.1, 0.15) is 31.2 Å². The van der Waals surface area contributed by atoms with Gasteiger partial charge in [-0.25, -0.2) is 0 Å². The lowest BCUT2D eigenvalue weighted by atomic mass is 9.75. The first kappa shape index (κ1) is 12.2. The van der Waals surface area contributed by atoms with Crippen molar-refractivity contribution in [3.63, 3.8) is 0 Å². The second kappa shape index (κ2) is 5.02. The number of hydrogen-bond donors (Lipinski definition) is 1. The fraction of sp³-hybridized carbons (Fsp3) is 0.786. The van der Waals surface area contributed by atoms with Crippen molar-refractivity contribution >= 4 is 0 Å². The van der Waals surface area contributed by atoms with Gasteiger partial charge in [0.05, 0.1) is 6.20 Å². The largest absolute Gasteiger partial charge is 0.381 e. The maximum absolute atomic E-state index is 5.54. The Morgan fingerprint density at radius 1 is 1.44 bits per heavy atom. The van der Waals surface area contributed by atoms with E-state index >= 15 is 0 Å². The van der Waals surface area contributed by atoms with Crippen molar-refractivity contribution in [1.29, 1.82) is 0 Å². The lowest BCUT2D eigenvalue weighted by molar-refractivity contribution is 0.0147. The summed E-state index contributed by atoms with van der Waals surface area (Å²) >= 11 is 0. The molecule has 1 saturated carbocycles. The van der Waals surface area contributed by atoms with Gasteiger partial charge in [-0.1, -0.05) is 0 Å². The number of nitrogens with zero attached hydrogens (tertiary/aromatic N) is 2. The van der Waals surface area contributed by atoms with Crippen LogP contribution in [0.3, 0.4) is 0 Å². The Morgan fingerprint density at radius 3 is 2.83 bits per heavy atom. The molecule has 3 rings (SSSR count). The summed E-state index contributed by atoms with van der Waals surface area (Å²) in [6.45, 7) is 2.95. The summed E-state index contributed by atoms with van der Waals surface area (Å²) in [4.78, 5) is 0. The molecule has 4 nitrogen and oxygen atoms in total. The van der Waals surface area contributed by atoms with E-state index in [-0.39, 0.29) is 0 Å². The third-order valence-corrected chi connectivity index (χ3v) is 4.23. The predicted molar refractivity (Wildman–Crippen MR) is 70.4 cm³/mol. The maximum atomic E-state index is 5.54. The van der Waals surface area contributed by atoms with Crippen LogP contribution in [-0.4, -0.2) is 35.6 Å². The molecule has 0 aromatic carbocycles. The standard InChI is InChI=1S/C14H23N3O/c1-17-10-12(9-16-17)8-14(4-6-18-7-5-14)11-15-13-2-3-13/h9-10,13,15H,2-8,11H2,1H3. The molecule has 1 aliphatic carbocycles. The molecule has 2 heterocycles. The van der Waals surface area contributed by atoms with Crippen molar-refractivity contribution in [2.45, 2.75) is 38.1 Å². The van der Waals surface area contributed by atoms with E-state index in [0.29, 0.717) is 5.41 Å². The van der Waals surface area contributed by atoms with Gasteiger partial charge in [0.1, 0.15) is 0 Å². The first-order chi connectivity index (χ1) is 8.76. The van der Waals surface area contributed by atoms with Crippen LogP contribution in [-0.2, 0) is 18.2 Å². The summed E-state index contributed by atoms with van der Waals surface area (Å²) in [5.41, 5.74) is 1.74. The molecule has 0 atom stereocenters. The highest BCUT2D eigenvalue weighted by molar-refractivity contribution is 5.08. The molecule has 0 unspecified atom stereocenters. The molecule has 1 aromatic heterocycles. The van der Waals surface area contributed by atoms with Crippen LogP contribution >= 0.6 is 0 Å². The van der Waals surface area contributed by atoms with Crippen LogP contribution in [0, 0.1) is 5.41 Å². The van der Waals surface area contributed by atoms with Gasteiger partial charge in [0.25, 0.3) is 0 Å². The molecule has 0 spiro atoms. The minimum Gasteiger partial charge on any atom is -0.381 e. The van der Waals surface area contributed by atoms with Crippen LogP contribution in [0.4, 0.5) is 0 Å². The van der Waals surface area contributed by atoms with Gasteiger partial charge in [0.15, 0.2) is 0 Å². The molecule has 0 amide bonds. The van der Waals surface area contributed by atoms with E-state index in [0.717, 1.165) is 32.2 Å². The Balaban J connectivity index is 1.66. The first-order valence-corrected chi connectivity index (χ1v) is 7.04. The highest BCUT2D eigenvalue weighted by atomic mass is 16.5. The zero-order valence-corrected chi connectivity index (χ0v) is 11.2. The van der Waals surface area contributed by atoms with Gasteiger partial charge in [-0.2, -0.15) is 5.10 Å². The molecule has 2 aliphatic rings. The minimum absolute atomic E-state index is 0.379. The quantitative estimate of drug-likeness (QED) is 0.860. The van der Waals surface area contributed by atoms with E-state index in [2.05, 4.69) is 16.6 Å². The summed E-state index contributed by atoms with van der Waals surface area (Å²) in [7, 11) is 1.99. The van der Waals surface area contributed by atoms with Crippen LogP contribution in [0.5, 0.6) is 0 Å². The Bertz CT molecular complexity index is 391. The topological polar surface area (TPSA) is 39.1 Å². The maximum Gasteiger partial charge on any atom is 0.0521 e. The number of ether oxygens (including phenoxy) is 1. The summed E-state index contributed by atoms with van der Waals surface area (Å²) < 4.78 is 7.44. The number of rotatable bonds is 5. The Hall–Kier alpha value is -0.870. The summed E-state index contributed by atoms with van der Waals surface area (Å²) in [5.74, 6) is 0. The van der Waals surface area contributed by atoms with Crippen molar-refractivity contribution < 1.29 is 4.74 Å². The fourth-order valence-electron chi connectivity index (χ4n) is 2.86. The van der Waals surface area contributed by atoms with Gasteiger partial charge in [-0.05, 0) is 43.1 Å². The molecule has 1 aromatic rings. The first-order valence-electron chi connectivity index (χ1n) is 7.04. The van der Waals surface area contributed by atoms with E-state index in [1.54, 1.807) is 0 Å². The van der Waals surface area contributed by atoms with E-state index in [4.69, 9.17) is 4.74 Å². The highest BCUT2D eigenvalue weighted by Crippen LogP contribution is 2.34. The van der Waals surface area contributed by atoms with Gasteiger partial charge in [-0.3, -0.25) is 4.68 Å². The molecular formula is C14H23N3O. The Morgan fingerprint density at radius 2 is 2.22 bits per heavy atom. The zero-order chi connectivity index (χ0) is 12.4. The summed E-state index contributed by atoms with van der Waals surface area (Å²) in [5, 5.41) is 8.00. The van der Waals surface area contributed by atoms with E-state index in [9.17, 15) is 0 Å². The number of aromatic nitrogens is 2. The fourth-order valence-corrected chi connectivity index (χ4v) is 2.86. The van der Waals surface area contributed by atoms with Crippen LogP contribution in [0.15, 0.2) is 12.4 Å². The van der Waals surface area contributed by atoms with Crippen LogP contribution in [0.25, 0.3) is 0 Å². The molecule has 1 aliphatic heterocycles. The lowest BCUT2D eigenvalue weighted by Crippen LogP contribution is -2.41. The molecule has 0 radical (unpaired) electrons. The summed E-state index contributed by atoms with van der Waals surface area (Å²) in [6.07, 6.45) is 10.3. The van der Waals surface area contributed by atoms with Crippen molar-refractivity contribution in [2.75, 3.05) is 19.8 Å². The van der Waals surface area contributed by atoms with Gasteiger partial charge in [0.2, 0.25) is 0 Å². The van der Waals surface area contributed by atoms with Gasteiger partial charge >= 0.3 is 0 Å². The van der Waals surface area contributed by atoms with Gasteiger partial charge < -0.3 is 10.1 Å². The lowest BCUT2D eigenvalue weighted by Gasteiger charge is -2.37. The normalized spacial score (nSPS) is 23.2. The van der Waals surface area contributed by atoms with Crippen LogP contribution in [0.2, 0.25) is 0 Å². The van der Waals surface area contributed by atoms with E-state index in [1.807, 2.05) is 17.9 Å². The highest BCUT2D eigenvalue weighted by Gasteiger charge is 2.34. The number of hydrogen-bond acceptors (Lipinski definition) is 3. The third-order valence-electron chi connectivity index (χ3n) is 4.23. The average Bonchev–Trinajstić information content (AvgIpc) is 3.12. The second-order valence-corrected chi connectivity index (χ2v) is 5.97. The van der Waals surface area contributed by atoms with E-state index in [1.165, 1.54) is 31.2 Å². The minimum atomic E-state index is 0.379. The van der Waals surface area contributed by atoms with Crippen molar-refractivity contribution in [1.82, 2.24) is 15.1 Å². The average molecular weight is 249 g/mol. The zero-order valence-electron chi connectivity index (χ0n) is 11.2. The molecule has 18 heavy (non-hydrogen) atoms. The van der Waals surface area contributed by atoms with Gasteiger partial charge in [-0.15, -0.1) is 0 Å². The molecule has 2 fully saturated rings. The third kappa shape index (κ3) is 2.93. The van der Waals surface area contributed by atoms with Crippen molar-refractivity contribution in [2.24, 2.45) is 12.5 Å². The number of nitrogens with one attached hydrogen (secondary N) is 1. The van der Waals surface area contributed by atoms with E-state index < -0.39 is 0 Å². The second-order valence-electron chi connectivity index (χ2n) is 5.97. The molecule has 1 N–H and O–H groups in total. The Labute approximate surface area is 109 Å². The monoisotopic (exact) mass is 249 g/mol. The molecule has 100 valence electrons. The molecular weight excluding hydrogens is 226 g/mol. The smallest absolute Gasteiger partial charge is 0.0521 e. The SMILES string of the molecule is Cn1cc(CC2(CNC3CC3)CCOCC2)cn1. The van der Waals surface area contributed by atoms with Crippen molar-refractivity contribution in [3.8, 4) is 0 Å². The Kier molecular flexibility index (Phi) is 3.39. The molecule has 1 saturated heterocycles. The van der Waals surface area contributed by atoms with Crippen molar-refractivity contribution in [3.05, 3.63) is 18.0 Å². The summed E-state index contributed by atoms with van der Waals surface area (Å²) in [6, 6.07) is 0.790. The van der Waals surface area contributed by atoms with Crippen LogP contribution < -0.4 is 5.32 Å². The number of aryl methyl sites for hydroxylation is 1. The predicted octanol–water partition coefficient (Wildman–Crippen LogP) is 1.51. The molecule has 0 bridgehead atoms. The molecule has 4 heteroatoms. The van der Waals surface area contributed by atoms with Gasteiger partial charge in [0, 0.05) is 39.0 Å².